The van der Waals surface area contributed by atoms with Gasteiger partial charge in [0.15, 0.2) is 6.10 Å². The first-order valence-electron chi connectivity index (χ1n) is 12.3. The van der Waals surface area contributed by atoms with Crippen LogP contribution in [0.4, 0.5) is 0 Å². The summed E-state index contributed by atoms with van der Waals surface area (Å²) < 4.78 is 10.5. The van der Waals surface area contributed by atoms with E-state index in [1.54, 1.807) is 6.08 Å². The normalized spacial score (nSPS) is 38.1. The number of esters is 2. The predicted molar refractivity (Wildman–Crippen MR) is 126 cm³/mol. The number of hydrogen-bond donors (Lipinski definition) is 5. The fourth-order valence-electron chi connectivity index (χ4n) is 6.48. The van der Waals surface area contributed by atoms with Gasteiger partial charge in [-0.05, 0) is 56.3 Å². The third-order valence-electron chi connectivity index (χ3n) is 9.10. The number of hydrogen-bond acceptors (Lipinski definition) is 9. The maximum Gasteiger partial charge on any atom is 0.336 e. The number of aliphatic hydroxyl groups is 4. The molecule has 1 heterocycles. The molecule has 0 aromatic carbocycles. The molecule has 0 aromatic rings. The lowest BCUT2D eigenvalue weighted by Crippen LogP contribution is -2.59. The van der Waals surface area contributed by atoms with Crippen molar-refractivity contribution in [3.05, 3.63) is 23.8 Å². The maximum absolute atomic E-state index is 12.8. The van der Waals surface area contributed by atoms with Crippen molar-refractivity contribution in [1.82, 2.24) is 0 Å². The molecule has 0 spiro atoms. The lowest BCUT2D eigenvalue weighted by molar-refractivity contribution is -0.202. The van der Waals surface area contributed by atoms with Crippen LogP contribution in [0.3, 0.4) is 0 Å². The van der Waals surface area contributed by atoms with E-state index in [4.69, 9.17) is 9.47 Å². The third kappa shape index (κ3) is 4.60. The van der Waals surface area contributed by atoms with Gasteiger partial charge in [-0.2, -0.15) is 0 Å². The van der Waals surface area contributed by atoms with Gasteiger partial charge in [0, 0.05) is 5.41 Å². The number of fused-ring (bicyclic) bond motifs is 1. The molecule has 0 radical (unpaired) electrons. The number of cyclic esters (lactones) is 1. The molecule has 202 valence electrons. The summed E-state index contributed by atoms with van der Waals surface area (Å²) in [5, 5.41) is 49.9. The van der Waals surface area contributed by atoms with Crippen molar-refractivity contribution in [2.75, 3.05) is 19.8 Å². The fourth-order valence-corrected chi connectivity index (χ4v) is 6.48. The van der Waals surface area contributed by atoms with Crippen molar-refractivity contribution in [1.29, 1.82) is 0 Å². The van der Waals surface area contributed by atoms with Gasteiger partial charge in [0.05, 0.1) is 18.8 Å². The lowest BCUT2D eigenvalue weighted by Gasteiger charge is -2.60. The van der Waals surface area contributed by atoms with Crippen LogP contribution in [0.15, 0.2) is 23.8 Å². The first-order valence-corrected chi connectivity index (χ1v) is 12.3. The molecule has 3 aliphatic rings. The second-order valence-corrected chi connectivity index (χ2v) is 11.2. The molecule has 1 saturated heterocycles. The zero-order valence-corrected chi connectivity index (χ0v) is 21.1. The summed E-state index contributed by atoms with van der Waals surface area (Å²) in [4.78, 5) is 36.3. The molecular formula is C26H38O10. The van der Waals surface area contributed by atoms with Crippen LogP contribution < -0.4 is 0 Å². The van der Waals surface area contributed by atoms with E-state index in [9.17, 15) is 39.9 Å². The SMILES string of the molecule is C=C1CCC2[C@](C)(CO)[C@H](OC(=O)C(O)C(C)(CO)C(=O)O)CC[C@@]2(C)[C@@H]1C/C=C1\C(=O)OCC1O. The minimum atomic E-state index is -2.12. The van der Waals surface area contributed by atoms with Crippen molar-refractivity contribution in [3.63, 3.8) is 0 Å². The van der Waals surface area contributed by atoms with Crippen LogP contribution in [-0.4, -0.2) is 81.6 Å². The smallest absolute Gasteiger partial charge is 0.336 e. The Morgan fingerprint density at radius 1 is 1.31 bits per heavy atom. The van der Waals surface area contributed by atoms with Crippen LogP contribution in [-0.2, 0) is 23.9 Å². The number of aliphatic carboxylic acids is 1. The minimum absolute atomic E-state index is 0.0536. The van der Waals surface area contributed by atoms with Gasteiger partial charge < -0.3 is 35.0 Å². The summed E-state index contributed by atoms with van der Waals surface area (Å²) >= 11 is 0. The van der Waals surface area contributed by atoms with Crippen LogP contribution in [0.25, 0.3) is 0 Å². The second-order valence-electron chi connectivity index (χ2n) is 11.2. The minimum Gasteiger partial charge on any atom is -0.481 e. The highest BCUT2D eigenvalue weighted by Gasteiger charge is 2.59. The number of carboxylic acids is 1. The molecule has 10 nitrogen and oxygen atoms in total. The Bertz CT molecular complexity index is 943. The second kappa shape index (κ2) is 10.2. The van der Waals surface area contributed by atoms with Crippen molar-refractivity contribution >= 4 is 17.9 Å². The summed E-state index contributed by atoms with van der Waals surface area (Å²) in [6, 6.07) is 0. The molecule has 8 atom stereocenters. The Kier molecular flexibility index (Phi) is 8.05. The zero-order valence-electron chi connectivity index (χ0n) is 21.1. The van der Waals surface area contributed by atoms with Crippen LogP contribution >= 0.6 is 0 Å². The molecule has 5 N–H and O–H groups in total. The Labute approximate surface area is 210 Å². The molecule has 3 rings (SSSR count). The molecule has 0 amide bonds. The van der Waals surface area contributed by atoms with E-state index in [0.717, 1.165) is 12.5 Å². The maximum atomic E-state index is 12.8. The van der Waals surface area contributed by atoms with Crippen LogP contribution in [0.1, 0.15) is 52.9 Å². The number of ether oxygens (including phenoxy) is 2. The van der Waals surface area contributed by atoms with E-state index in [-0.39, 0.29) is 36.0 Å². The van der Waals surface area contributed by atoms with Gasteiger partial charge in [0.1, 0.15) is 24.2 Å². The van der Waals surface area contributed by atoms with Gasteiger partial charge in [-0.3, -0.25) is 4.79 Å². The molecule has 0 bridgehead atoms. The summed E-state index contributed by atoms with van der Waals surface area (Å²) in [6.07, 6.45) is 0.656. The first kappa shape index (κ1) is 28.3. The van der Waals surface area contributed by atoms with E-state index < -0.39 is 53.7 Å². The lowest BCUT2D eigenvalue weighted by atomic mass is 9.46. The van der Waals surface area contributed by atoms with Gasteiger partial charge in [0.25, 0.3) is 0 Å². The summed E-state index contributed by atoms with van der Waals surface area (Å²) in [5.41, 5.74) is -2.13. The molecule has 36 heavy (non-hydrogen) atoms. The average Bonchev–Trinajstić information content (AvgIpc) is 3.16. The fraction of sp³-hybridized carbons (Fsp3) is 0.731. The highest BCUT2D eigenvalue weighted by molar-refractivity contribution is 5.91. The van der Waals surface area contributed by atoms with Crippen molar-refractivity contribution in [2.45, 2.75) is 71.2 Å². The molecule has 3 fully saturated rings. The van der Waals surface area contributed by atoms with E-state index in [2.05, 4.69) is 13.5 Å². The number of carbonyl (C=O) groups excluding carboxylic acids is 2. The van der Waals surface area contributed by atoms with E-state index >= 15 is 0 Å². The highest BCUT2D eigenvalue weighted by Crippen LogP contribution is 2.62. The van der Waals surface area contributed by atoms with E-state index in [1.807, 2.05) is 6.92 Å². The Morgan fingerprint density at radius 3 is 2.50 bits per heavy atom. The molecule has 4 unspecified atom stereocenters. The number of carbonyl (C=O) groups is 3. The van der Waals surface area contributed by atoms with Crippen LogP contribution in [0, 0.1) is 28.1 Å². The Morgan fingerprint density at radius 2 is 1.97 bits per heavy atom. The third-order valence-corrected chi connectivity index (χ3v) is 9.10. The number of carboxylic acid groups (broad SMARTS) is 1. The predicted octanol–water partition coefficient (Wildman–Crippen LogP) is 0.958. The van der Waals surface area contributed by atoms with Gasteiger partial charge in [0.2, 0.25) is 0 Å². The zero-order chi connectivity index (χ0) is 27.1. The summed E-state index contributed by atoms with van der Waals surface area (Å²) in [5.74, 6) is -3.39. The molecule has 1 aliphatic heterocycles. The first-order chi connectivity index (χ1) is 16.8. The van der Waals surface area contributed by atoms with E-state index in [0.29, 0.717) is 32.1 Å². The van der Waals surface area contributed by atoms with Crippen molar-refractivity contribution in [3.8, 4) is 0 Å². The highest BCUT2D eigenvalue weighted by atomic mass is 16.6. The number of rotatable bonds is 8. The Hall–Kier alpha value is -2.27. The van der Waals surface area contributed by atoms with Crippen molar-refractivity contribution < 1.29 is 49.4 Å². The number of aliphatic hydroxyl groups excluding tert-OH is 4. The van der Waals surface area contributed by atoms with Gasteiger partial charge in [-0.25, -0.2) is 9.59 Å². The quantitative estimate of drug-likeness (QED) is 0.180. The van der Waals surface area contributed by atoms with E-state index in [1.165, 1.54) is 0 Å². The number of allylic oxidation sites excluding steroid dienone is 2. The monoisotopic (exact) mass is 510 g/mol. The van der Waals surface area contributed by atoms with Gasteiger partial charge >= 0.3 is 17.9 Å². The molecule has 2 aliphatic carbocycles. The van der Waals surface area contributed by atoms with Gasteiger partial charge in [-0.15, -0.1) is 0 Å². The molecule has 10 heteroatoms. The largest absolute Gasteiger partial charge is 0.481 e. The average molecular weight is 511 g/mol. The topological polar surface area (TPSA) is 171 Å². The standard InChI is InChI=1S/C26H38O10/c1-14-5-8-18-24(2,16(14)7-6-15-17(29)11-35-21(15)31)10-9-19(25(18,3)12-27)36-22(32)20(30)26(4,13-28)23(33)34/h6,16-20,27-30H,1,5,7-13H2,2-4H3,(H,33,34)/b15-6-/t16-,17?,18?,19-,20?,24+,25+,26?/m1/s1. The summed E-state index contributed by atoms with van der Waals surface area (Å²) in [6.45, 7) is 7.93. The summed E-state index contributed by atoms with van der Waals surface area (Å²) in [7, 11) is 0. The molecule has 2 saturated carbocycles. The van der Waals surface area contributed by atoms with Crippen LogP contribution in [0.5, 0.6) is 0 Å². The Balaban J connectivity index is 1.85. The molecule has 0 aromatic heterocycles. The van der Waals surface area contributed by atoms with Crippen molar-refractivity contribution in [2.24, 2.45) is 28.1 Å². The van der Waals surface area contributed by atoms with Crippen LogP contribution in [0.2, 0.25) is 0 Å². The molecular weight excluding hydrogens is 472 g/mol. The van der Waals surface area contributed by atoms with Gasteiger partial charge in [-0.1, -0.05) is 32.1 Å².